The highest BCUT2D eigenvalue weighted by Crippen LogP contribution is 2.24. The number of benzene rings is 1. The van der Waals surface area contributed by atoms with Gasteiger partial charge in [0.05, 0.1) is 11.9 Å². The van der Waals surface area contributed by atoms with Crippen LogP contribution in [0.2, 0.25) is 5.15 Å². The average Bonchev–Trinajstić information content (AvgIpc) is 2.53. The third-order valence-corrected chi connectivity index (χ3v) is 4.64. The van der Waals surface area contributed by atoms with Crippen LogP contribution in [0.25, 0.3) is 0 Å². The summed E-state index contributed by atoms with van der Waals surface area (Å²) >= 11 is 5.77. The molecule has 0 saturated carbocycles. The standard InChI is InChI=1S/C16H16ClN3O4S/c1-11(21)19(2)12-7-9-13(10-8-12)20(25(3,23)24)16(22)14-5-4-6-15(17)18-14/h4-10H,1-3H3. The number of carbonyl (C=O) groups is 2. The van der Waals surface area contributed by atoms with Gasteiger partial charge in [0.15, 0.2) is 0 Å². The van der Waals surface area contributed by atoms with Gasteiger partial charge in [-0.3, -0.25) is 9.59 Å². The second-order valence-corrected chi connectivity index (χ2v) is 7.49. The molecule has 0 spiro atoms. The summed E-state index contributed by atoms with van der Waals surface area (Å²) in [6.07, 6.45) is 0.922. The van der Waals surface area contributed by atoms with E-state index in [1.165, 1.54) is 42.2 Å². The van der Waals surface area contributed by atoms with Crippen LogP contribution in [-0.4, -0.2) is 38.5 Å². The number of halogens is 1. The molecule has 9 heteroatoms. The maximum atomic E-state index is 12.6. The molecule has 2 aromatic rings. The number of carbonyl (C=O) groups excluding carboxylic acids is 2. The van der Waals surface area contributed by atoms with Crippen molar-refractivity contribution in [3.05, 3.63) is 53.3 Å². The Morgan fingerprint density at radius 2 is 1.60 bits per heavy atom. The zero-order valence-electron chi connectivity index (χ0n) is 13.8. The number of nitrogens with zero attached hydrogens (tertiary/aromatic N) is 3. The monoisotopic (exact) mass is 381 g/mol. The fraction of sp³-hybridized carbons (Fsp3) is 0.188. The molecule has 0 aliphatic heterocycles. The largest absolute Gasteiger partial charge is 0.316 e. The topological polar surface area (TPSA) is 87.7 Å². The summed E-state index contributed by atoms with van der Waals surface area (Å²) in [7, 11) is -2.32. The van der Waals surface area contributed by atoms with Crippen molar-refractivity contribution >= 4 is 44.8 Å². The smallest absolute Gasteiger partial charge is 0.290 e. The molecule has 0 bridgehead atoms. The molecule has 0 radical (unpaired) electrons. The van der Waals surface area contributed by atoms with E-state index in [0.717, 1.165) is 6.26 Å². The normalized spacial score (nSPS) is 11.0. The SMILES string of the molecule is CC(=O)N(C)c1ccc(N(C(=O)c2cccc(Cl)n2)S(C)(=O)=O)cc1. The molecule has 0 saturated heterocycles. The summed E-state index contributed by atoms with van der Waals surface area (Å²) in [5.74, 6) is -0.996. The summed E-state index contributed by atoms with van der Waals surface area (Å²) < 4.78 is 24.9. The first-order valence-electron chi connectivity index (χ1n) is 7.13. The van der Waals surface area contributed by atoms with Gasteiger partial charge in [0.1, 0.15) is 10.8 Å². The Labute approximate surface area is 150 Å². The van der Waals surface area contributed by atoms with Crippen LogP contribution in [-0.2, 0) is 14.8 Å². The van der Waals surface area contributed by atoms with E-state index in [2.05, 4.69) is 4.98 Å². The molecule has 0 N–H and O–H groups in total. The van der Waals surface area contributed by atoms with Crippen molar-refractivity contribution in [1.29, 1.82) is 0 Å². The number of anilines is 2. The number of sulfonamides is 1. The summed E-state index contributed by atoms with van der Waals surface area (Å²) in [6.45, 7) is 1.41. The van der Waals surface area contributed by atoms with E-state index in [1.54, 1.807) is 19.2 Å². The molecule has 25 heavy (non-hydrogen) atoms. The molecule has 1 aromatic carbocycles. The van der Waals surface area contributed by atoms with Crippen LogP contribution in [0.15, 0.2) is 42.5 Å². The van der Waals surface area contributed by atoms with Crippen LogP contribution in [0.4, 0.5) is 11.4 Å². The first kappa shape index (κ1) is 18.9. The van der Waals surface area contributed by atoms with E-state index in [-0.39, 0.29) is 22.4 Å². The molecule has 7 nitrogen and oxygen atoms in total. The van der Waals surface area contributed by atoms with Gasteiger partial charge in [0.25, 0.3) is 5.91 Å². The van der Waals surface area contributed by atoms with Crippen LogP contribution in [0.3, 0.4) is 0 Å². The third-order valence-electron chi connectivity index (χ3n) is 3.39. The lowest BCUT2D eigenvalue weighted by atomic mass is 10.2. The van der Waals surface area contributed by atoms with Crippen LogP contribution >= 0.6 is 11.6 Å². The second-order valence-electron chi connectivity index (χ2n) is 5.27. The van der Waals surface area contributed by atoms with Gasteiger partial charge in [-0.25, -0.2) is 17.7 Å². The summed E-state index contributed by atoms with van der Waals surface area (Å²) in [5.41, 5.74) is 0.607. The quantitative estimate of drug-likeness (QED) is 0.758. The molecule has 0 fully saturated rings. The molecule has 132 valence electrons. The van der Waals surface area contributed by atoms with E-state index in [4.69, 9.17) is 11.6 Å². The molecule has 2 amide bonds. The Bertz CT molecular complexity index is 913. The number of hydrogen-bond donors (Lipinski definition) is 0. The summed E-state index contributed by atoms with van der Waals surface area (Å²) in [5, 5.41) is 0.0812. The minimum atomic E-state index is -3.91. The number of hydrogen-bond acceptors (Lipinski definition) is 5. The lowest BCUT2D eigenvalue weighted by molar-refractivity contribution is -0.116. The second kappa shape index (κ2) is 7.20. The van der Waals surface area contributed by atoms with Crippen LogP contribution in [0, 0.1) is 0 Å². The van der Waals surface area contributed by atoms with Crippen molar-refractivity contribution in [3.63, 3.8) is 0 Å². The minimum Gasteiger partial charge on any atom is -0.316 e. The molecule has 2 rings (SSSR count). The maximum Gasteiger partial charge on any atom is 0.290 e. The minimum absolute atomic E-state index is 0.0812. The fourth-order valence-electron chi connectivity index (χ4n) is 2.08. The van der Waals surface area contributed by atoms with Crippen molar-refractivity contribution in [2.75, 3.05) is 22.5 Å². The van der Waals surface area contributed by atoms with Gasteiger partial charge in [-0.2, -0.15) is 0 Å². The van der Waals surface area contributed by atoms with E-state index in [0.29, 0.717) is 9.99 Å². The number of rotatable bonds is 4. The van der Waals surface area contributed by atoms with Gasteiger partial charge in [-0.1, -0.05) is 17.7 Å². The average molecular weight is 382 g/mol. The van der Waals surface area contributed by atoms with Crippen LogP contribution < -0.4 is 9.21 Å². The van der Waals surface area contributed by atoms with Gasteiger partial charge in [-0.05, 0) is 36.4 Å². The molecule has 1 heterocycles. The zero-order chi connectivity index (χ0) is 18.8. The van der Waals surface area contributed by atoms with Crippen molar-refractivity contribution < 1.29 is 18.0 Å². The number of aromatic nitrogens is 1. The van der Waals surface area contributed by atoms with Gasteiger partial charge in [0, 0.05) is 19.7 Å². The molecule has 0 unspecified atom stereocenters. The highest BCUT2D eigenvalue weighted by molar-refractivity contribution is 7.92. The molecule has 1 aromatic heterocycles. The molecular weight excluding hydrogens is 366 g/mol. The Morgan fingerprint density at radius 1 is 1.04 bits per heavy atom. The van der Waals surface area contributed by atoms with Gasteiger partial charge < -0.3 is 4.90 Å². The highest BCUT2D eigenvalue weighted by atomic mass is 35.5. The van der Waals surface area contributed by atoms with Crippen LogP contribution in [0.1, 0.15) is 17.4 Å². The van der Waals surface area contributed by atoms with Gasteiger partial charge in [-0.15, -0.1) is 0 Å². The Hall–Kier alpha value is -2.45. The molecule has 0 aliphatic rings. The van der Waals surface area contributed by atoms with Gasteiger partial charge in [0.2, 0.25) is 15.9 Å². The Balaban J connectivity index is 2.45. The van der Waals surface area contributed by atoms with Crippen LogP contribution in [0.5, 0.6) is 0 Å². The Kier molecular flexibility index (Phi) is 5.44. The maximum absolute atomic E-state index is 12.6. The molecular formula is C16H16ClN3O4S. The summed E-state index contributed by atoms with van der Waals surface area (Å²) in [6, 6.07) is 10.4. The lowest BCUT2D eigenvalue weighted by Gasteiger charge is -2.21. The van der Waals surface area contributed by atoms with E-state index < -0.39 is 15.9 Å². The third kappa shape index (κ3) is 4.34. The first-order valence-corrected chi connectivity index (χ1v) is 9.35. The van der Waals surface area contributed by atoms with Crippen molar-refractivity contribution in [2.24, 2.45) is 0 Å². The van der Waals surface area contributed by atoms with Gasteiger partial charge >= 0.3 is 0 Å². The van der Waals surface area contributed by atoms with Crippen molar-refractivity contribution in [1.82, 2.24) is 4.98 Å². The fourth-order valence-corrected chi connectivity index (χ4v) is 3.15. The molecule has 0 atom stereocenters. The number of pyridine rings is 1. The van der Waals surface area contributed by atoms with Crippen molar-refractivity contribution in [2.45, 2.75) is 6.92 Å². The predicted molar refractivity (Wildman–Crippen MR) is 96.4 cm³/mol. The van der Waals surface area contributed by atoms with Crippen molar-refractivity contribution in [3.8, 4) is 0 Å². The van der Waals surface area contributed by atoms with E-state index in [1.807, 2.05) is 0 Å². The van der Waals surface area contributed by atoms with E-state index in [9.17, 15) is 18.0 Å². The lowest BCUT2D eigenvalue weighted by Crippen LogP contribution is -2.36. The zero-order valence-corrected chi connectivity index (χ0v) is 15.4. The predicted octanol–water partition coefficient (Wildman–Crippen LogP) is 2.32. The Morgan fingerprint density at radius 3 is 2.08 bits per heavy atom. The number of amides is 2. The highest BCUT2D eigenvalue weighted by Gasteiger charge is 2.27. The summed E-state index contributed by atoms with van der Waals surface area (Å²) in [4.78, 5) is 29.3. The first-order chi connectivity index (χ1) is 11.6. The molecule has 0 aliphatic carbocycles. The van der Waals surface area contributed by atoms with E-state index >= 15 is 0 Å².